The van der Waals surface area contributed by atoms with Crippen LogP contribution in [0.2, 0.25) is 0 Å². The summed E-state index contributed by atoms with van der Waals surface area (Å²) < 4.78 is 23.2. The predicted molar refractivity (Wildman–Crippen MR) is 72.4 cm³/mol. The second kappa shape index (κ2) is 6.10. The van der Waals surface area contributed by atoms with E-state index in [2.05, 4.69) is 15.0 Å². The van der Waals surface area contributed by atoms with Crippen molar-refractivity contribution in [2.45, 2.75) is 6.54 Å². The molecule has 1 aromatic carbocycles. The maximum Gasteiger partial charge on any atom is 0.354 e. The number of nitrogens with one attached hydrogen (secondary N) is 2. The molecule has 0 aliphatic rings. The van der Waals surface area contributed by atoms with Gasteiger partial charge >= 0.3 is 5.97 Å². The average molecular weight is 278 g/mol. The van der Waals surface area contributed by atoms with E-state index < -0.39 is 5.97 Å². The number of benzene rings is 1. The van der Waals surface area contributed by atoms with Gasteiger partial charge in [-0.05, 0) is 24.3 Å². The van der Waals surface area contributed by atoms with Crippen LogP contribution in [0.5, 0.6) is 5.75 Å². The lowest BCUT2D eigenvalue weighted by Crippen LogP contribution is -2.04. The molecule has 0 aliphatic heterocycles. The first-order valence-corrected chi connectivity index (χ1v) is 5.97. The number of H-pyrrole nitrogens is 1. The number of carbonyl (C=O) groups excluding carboxylic acids is 1. The molecule has 1 aromatic heterocycles. The van der Waals surface area contributed by atoms with Crippen LogP contribution >= 0.6 is 0 Å². The van der Waals surface area contributed by atoms with Gasteiger partial charge in [0.25, 0.3) is 0 Å². The van der Waals surface area contributed by atoms with Crippen LogP contribution in [0.4, 0.5) is 10.1 Å². The number of carbonyl (C=O) groups is 1. The first-order valence-electron chi connectivity index (χ1n) is 5.97. The van der Waals surface area contributed by atoms with Crippen LogP contribution in [-0.4, -0.2) is 25.2 Å². The quantitative estimate of drug-likeness (QED) is 0.825. The maximum absolute atomic E-state index is 13.6. The Morgan fingerprint density at radius 3 is 2.80 bits per heavy atom. The SMILES string of the molecule is COC(=O)c1ccc(CNc2cc(OC)ccc2F)[nH]1. The van der Waals surface area contributed by atoms with Crippen LogP contribution in [0.3, 0.4) is 0 Å². The molecule has 0 aliphatic carbocycles. The molecule has 5 nitrogen and oxygen atoms in total. The van der Waals surface area contributed by atoms with Crippen molar-refractivity contribution in [1.29, 1.82) is 0 Å². The molecule has 0 fully saturated rings. The Morgan fingerprint density at radius 1 is 1.30 bits per heavy atom. The Bertz CT molecular complexity index is 610. The number of anilines is 1. The Balaban J connectivity index is 2.05. The summed E-state index contributed by atoms with van der Waals surface area (Å²) in [4.78, 5) is 14.2. The van der Waals surface area contributed by atoms with Crippen LogP contribution in [0.1, 0.15) is 16.2 Å². The lowest BCUT2D eigenvalue weighted by atomic mass is 10.2. The second-order valence-corrected chi connectivity index (χ2v) is 4.09. The molecular formula is C14H15FN2O3. The monoisotopic (exact) mass is 278 g/mol. The molecule has 1 heterocycles. The largest absolute Gasteiger partial charge is 0.497 e. The number of aromatic nitrogens is 1. The van der Waals surface area contributed by atoms with Gasteiger partial charge < -0.3 is 19.8 Å². The molecule has 0 bridgehead atoms. The van der Waals surface area contributed by atoms with E-state index in [1.165, 1.54) is 20.3 Å². The zero-order valence-electron chi connectivity index (χ0n) is 11.2. The smallest absolute Gasteiger partial charge is 0.354 e. The van der Waals surface area contributed by atoms with Gasteiger partial charge in [-0.25, -0.2) is 9.18 Å². The van der Waals surface area contributed by atoms with Crippen molar-refractivity contribution in [3.63, 3.8) is 0 Å². The van der Waals surface area contributed by atoms with Crippen molar-refractivity contribution in [2.24, 2.45) is 0 Å². The number of esters is 1. The Kier molecular flexibility index (Phi) is 4.24. The molecule has 106 valence electrons. The third-order valence-electron chi connectivity index (χ3n) is 2.79. The van der Waals surface area contributed by atoms with E-state index in [9.17, 15) is 9.18 Å². The van der Waals surface area contributed by atoms with Crippen molar-refractivity contribution in [2.75, 3.05) is 19.5 Å². The first kappa shape index (κ1) is 13.9. The van der Waals surface area contributed by atoms with Gasteiger partial charge in [0.1, 0.15) is 17.3 Å². The molecule has 0 atom stereocenters. The summed E-state index contributed by atoms with van der Waals surface area (Å²) in [7, 11) is 2.83. The Morgan fingerprint density at radius 2 is 2.10 bits per heavy atom. The minimum atomic E-state index is -0.441. The fraction of sp³-hybridized carbons (Fsp3) is 0.214. The molecule has 0 radical (unpaired) electrons. The van der Waals surface area contributed by atoms with E-state index in [-0.39, 0.29) is 5.82 Å². The van der Waals surface area contributed by atoms with Gasteiger partial charge in [0.15, 0.2) is 0 Å². The highest BCUT2D eigenvalue weighted by molar-refractivity contribution is 5.87. The van der Waals surface area contributed by atoms with E-state index in [0.717, 1.165) is 5.69 Å². The fourth-order valence-corrected chi connectivity index (χ4v) is 1.73. The zero-order valence-corrected chi connectivity index (χ0v) is 11.2. The van der Waals surface area contributed by atoms with Crippen LogP contribution in [0.25, 0.3) is 0 Å². The molecule has 2 N–H and O–H groups in total. The molecule has 0 saturated heterocycles. The molecule has 0 amide bonds. The summed E-state index contributed by atoms with van der Waals surface area (Å²) >= 11 is 0. The molecule has 2 aromatic rings. The minimum Gasteiger partial charge on any atom is -0.497 e. The van der Waals surface area contributed by atoms with E-state index in [1.54, 1.807) is 24.3 Å². The summed E-state index contributed by atoms with van der Waals surface area (Å²) in [6.07, 6.45) is 0. The number of methoxy groups -OCH3 is 2. The number of aromatic amines is 1. The predicted octanol–water partition coefficient (Wildman–Crippen LogP) is 2.56. The third kappa shape index (κ3) is 3.09. The highest BCUT2D eigenvalue weighted by Gasteiger charge is 2.09. The van der Waals surface area contributed by atoms with Crippen molar-refractivity contribution in [3.05, 3.63) is 47.5 Å². The lowest BCUT2D eigenvalue weighted by Gasteiger charge is -2.08. The number of rotatable bonds is 5. The van der Waals surface area contributed by atoms with E-state index >= 15 is 0 Å². The zero-order chi connectivity index (χ0) is 14.5. The molecule has 6 heteroatoms. The molecule has 0 spiro atoms. The fourth-order valence-electron chi connectivity index (χ4n) is 1.73. The molecule has 20 heavy (non-hydrogen) atoms. The van der Waals surface area contributed by atoms with Crippen molar-refractivity contribution >= 4 is 11.7 Å². The van der Waals surface area contributed by atoms with Gasteiger partial charge in [0.05, 0.1) is 26.5 Å². The van der Waals surface area contributed by atoms with Crippen molar-refractivity contribution < 1.29 is 18.7 Å². The van der Waals surface area contributed by atoms with Crippen LogP contribution in [-0.2, 0) is 11.3 Å². The molecule has 0 saturated carbocycles. The van der Waals surface area contributed by atoms with Gasteiger partial charge in [-0.3, -0.25) is 0 Å². The molecule has 0 unspecified atom stereocenters. The number of ether oxygens (including phenoxy) is 2. The van der Waals surface area contributed by atoms with E-state index in [4.69, 9.17) is 4.74 Å². The molecular weight excluding hydrogens is 263 g/mol. The minimum absolute atomic E-state index is 0.332. The Labute approximate surface area is 115 Å². The van der Waals surface area contributed by atoms with Crippen LogP contribution in [0.15, 0.2) is 30.3 Å². The van der Waals surface area contributed by atoms with Gasteiger partial charge in [-0.2, -0.15) is 0 Å². The standard InChI is InChI=1S/C14H15FN2O3/c1-19-10-4-5-11(15)13(7-10)16-8-9-3-6-12(17-9)14(18)20-2/h3-7,16-17H,8H2,1-2H3. The third-order valence-corrected chi connectivity index (χ3v) is 2.79. The van der Waals surface area contributed by atoms with Gasteiger partial charge in [-0.15, -0.1) is 0 Å². The highest BCUT2D eigenvalue weighted by Crippen LogP contribution is 2.21. The number of halogens is 1. The van der Waals surface area contributed by atoms with E-state index in [0.29, 0.717) is 23.7 Å². The number of hydrogen-bond acceptors (Lipinski definition) is 4. The Hall–Kier alpha value is -2.50. The normalized spacial score (nSPS) is 10.2. The van der Waals surface area contributed by atoms with Gasteiger partial charge in [0, 0.05) is 11.8 Å². The van der Waals surface area contributed by atoms with Crippen LogP contribution < -0.4 is 10.1 Å². The topological polar surface area (TPSA) is 63.4 Å². The maximum atomic E-state index is 13.6. The lowest BCUT2D eigenvalue weighted by molar-refractivity contribution is 0.0594. The molecule has 2 rings (SSSR count). The number of hydrogen-bond donors (Lipinski definition) is 2. The van der Waals surface area contributed by atoms with Gasteiger partial charge in [0.2, 0.25) is 0 Å². The van der Waals surface area contributed by atoms with E-state index in [1.807, 2.05) is 0 Å². The highest BCUT2D eigenvalue weighted by atomic mass is 19.1. The summed E-state index contributed by atoms with van der Waals surface area (Å²) in [6, 6.07) is 7.79. The van der Waals surface area contributed by atoms with Crippen molar-refractivity contribution in [3.8, 4) is 5.75 Å². The summed E-state index contributed by atoms with van der Waals surface area (Å²) in [6.45, 7) is 0.348. The van der Waals surface area contributed by atoms with Crippen molar-refractivity contribution in [1.82, 2.24) is 4.98 Å². The summed E-state index contributed by atoms with van der Waals surface area (Å²) in [5.74, 6) is -0.245. The average Bonchev–Trinajstić information content (AvgIpc) is 2.94. The second-order valence-electron chi connectivity index (χ2n) is 4.09. The summed E-state index contributed by atoms with van der Waals surface area (Å²) in [5.41, 5.74) is 1.43. The van der Waals surface area contributed by atoms with Gasteiger partial charge in [-0.1, -0.05) is 0 Å². The summed E-state index contributed by atoms with van der Waals surface area (Å²) in [5, 5.41) is 2.94. The first-order chi connectivity index (χ1) is 9.63. The van der Waals surface area contributed by atoms with Crippen LogP contribution in [0, 0.1) is 5.82 Å².